The number of halogens is 1. The minimum absolute atomic E-state index is 0. The Labute approximate surface area is 188 Å². The predicted octanol–water partition coefficient (Wildman–Crippen LogP) is 3.33. The molecule has 3 rings (SSSR count). The summed E-state index contributed by atoms with van der Waals surface area (Å²) in [5, 5.41) is 6.54. The van der Waals surface area contributed by atoms with Crippen molar-refractivity contribution in [2.24, 2.45) is 12.0 Å². The second-order valence-corrected chi connectivity index (χ2v) is 6.22. The number of imidazole rings is 1. The average Bonchev–Trinajstić information content (AvgIpc) is 3.05. The Morgan fingerprint density at radius 1 is 1.07 bits per heavy atom. The fraction of sp³-hybridized carbons (Fsp3) is 0.333. The van der Waals surface area contributed by atoms with Gasteiger partial charge in [-0.25, -0.2) is 9.98 Å². The van der Waals surface area contributed by atoms with Crippen molar-refractivity contribution in [3.05, 3.63) is 54.4 Å². The Morgan fingerprint density at radius 2 is 1.79 bits per heavy atom. The van der Waals surface area contributed by atoms with Crippen molar-refractivity contribution in [1.82, 2.24) is 20.2 Å². The Balaban J connectivity index is 0.00000300. The number of nitrogens with zero attached hydrogens (tertiary/aromatic N) is 3. The number of guanidine groups is 1. The topological polar surface area (TPSA) is 72.7 Å². The van der Waals surface area contributed by atoms with Crippen molar-refractivity contribution >= 4 is 41.0 Å². The first-order valence-electron chi connectivity index (χ1n) is 9.40. The van der Waals surface area contributed by atoms with Gasteiger partial charge in [-0.2, -0.15) is 0 Å². The molecule has 0 aliphatic carbocycles. The molecule has 0 amide bonds. The highest BCUT2D eigenvalue weighted by molar-refractivity contribution is 14.0. The lowest BCUT2D eigenvalue weighted by atomic mass is 10.3. The molecule has 8 heteroatoms. The third-order valence-electron chi connectivity index (χ3n) is 4.33. The largest absolute Gasteiger partial charge is 0.497 e. The number of methoxy groups -OCH3 is 1. The van der Waals surface area contributed by atoms with Crippen LogP contribution in [0, 0.1) is 0 Å². The van der Waals surface area contributed by atoms with Crippen LogP contribution in [-0.2, 0) is 13.6 Å². The molecule has 0 spiro atoms. The molecular formula is C21H28IN5O2. The number of nitrogens with one attached hydrogen (secondary N) is 2. The molecule has 0 saturated heterocycles. The molecule has 3 aromatic rings. The van der Waals surface area contributed by atoms with Crippen LogP contribution in [0.2, 0.25) is 0 Å². The quantitative estimate of drug-likeness (QED) is 0.211. The third kappa shape index (κ3) is 6.25. The number of para-hydroxylation sites is 2. The summed E-state index contributed by atoms with van der Waals surface area (Å²) in [4.78, 5) is 9.31. The van der Waals surface area contributed by atoms with Crippen molar-refractivity contribution in [2.75, 3.05) is 26.8 Å². The van der Waals surface area contributed by atoms with Gasteiger partial charge in [-0.15, -0.1) is 24.0 Å². The van der Waals surface area contributed by atoms with Crippen molar-refractivity contribution < 1.29 is 9.47 Å². The summed E-state index contributed by atoms with van der Waals surface area (Å²) in [5.41, 5.74) is 2.10. The minimum Gasteiger partial charge on any atom is -0.497 e. The number of aryl methyl sites for hydroxylation is 1. The van der Waals surface area contributed by atoms with E-state index in [2.05, 4.69) is 31.2 Å². The number of hydrogen-bond acceptors (Lipinski definition) is 4. The number of aliphatic imine (C=N–C) groups is 1. The van der Waals surface area contributed by atoms with Crippen molar-refractivity contribution in [2.45, 2.75) is 13.5 Å². The molecule has 0 radical (unpaired) electrons. The average molecular weight is 509 g/mol. The van der Waals surface area contributed by atoms with E-state index in [1.54, 1.807) is 7.11 Å². The summed E-state index contributed by atoms with van der Waals surface area (Å²) < 4.78 is 13.0. The van der Waals surface area contributed by atoms with E-state index in [1.165, 1.54) is 0 Å². The molecule has 0 saturated carbocycles. The first kappa shape index (κ1) is 22.8. The molecule has 1 heterocycles. The Bertz CT molecular complexity index is 924. The maximum absolute atomic E-state index is 5.74. The van der Waals surface area contributed by atoms with Gasteiger partial charge in [-0.3, -0.25) is 0 Å². The van der Waals surface area contributed by atoms with Crippen molar-refractivity contribution in [3.63, 3.8) is 0 Å². The second-order valence-electron chi connectivity index (χ2n) is 6.22. The Kier molecular flexibility index (Phi) is 9.04. The van der Waals surface area contributed by atoms with Gasteiger partial charge in [0.05, 0.1) is 24.7 Å². The number of aromatic nitrogens is 2. The van der Waals surface area contributed by atoms with Gasteiger partial charge < -0.3 is 24.7 Å². The molecule has 2 N–H and O–H groups in total. The maximum atomic E-state index is 5.74. The Morgan fingerprint density at radius 3 is 2.48 bits per heavy atom. The van der Waals surface area contributed by atoms with Gasteiger partial charge in [0, 0.05) is 13.6 Å². The molecule has 1 aromatic heterocycles. The molecule has 7 nitrogen and oxygen atoms in total. The zero-order chi connectivity index (χ0) is 19.8. The van der Waals surface area contributed by atoms with E-state index in [0.29, 0.717) is 19.7 Å². The molecule has 0 bridgehead atoms. The zero-order valence-corrected chi connectivity index (χ0v) is 19.3. The van der Waals surface area contributed by atoms with Crippen molar-refractivity contribution in [1.29, 1.82) is 0 Å². The standard InChI is InChI=1S/C21H27N5O2.HI/c1-4-22-21(23-13-14-28-17-11-9-16(27-3)10-12-17)24-15-20-25-18-7-5-6-8-19(18)26(20)2;/h5-12H,4,13-15H2,1-3H3,(H2,22,23,24);1H. The van der Waals surface area contributed by atoms with E-state index in [9.17, 15) is 0 Å². The maximum Gasteiger partial charge on any atom is 0.191 e. The van der Waals surface area contributed by atoms with Gasteiger partial charge >= 0.3 is 0 Å². The van der Waals surface area contributed by atoms with Gasteiger partial charge in [0.1, 0.15) is 30.5 Å². The summed E-state index contributed by atoms with van der Waals surface area (Å²) in [6, 6.07) is 15.6. The van der Waals surface area contributed by atoms with Crippen LogP contribution in [0.15, 0.2) is 53.5 Å². The fourth-order valence-electron chi connectivity index (χ4n) is 2.84. The van der Waals surface area contributed by atoms with Crippen molar-refractivity contribution in [3.8, 4) is 11.5 Å². The molecule has 156 valence electrons. The zero-order valence-electron chi connectivity index (χ0n) is 17.0. The van der Waals surface area contributed by atoms with E-state index in [1.807, 2.05) is 56.4 Å². The van der Waals surface area contributed by atoms with E-state index < -0.39 is 0 Å². The number of fused-ring (bicyclic) bond motifs is 1. The van der Waals surface area contributed by atoms with Crippen LogP contribution in [0.3, 0.4) is 0 Å². The van der Waals surface area contributed by atoms with Crippen LogP contribution in [0.5, 0.6) is 11.5 Å². The summed E-state index contributed by atoms with van der Waals surface area (Å²) in [5.74, 6) is 3.29. The number of ether oxygens (including phenoxy) is 2. The number of rotatable bonds is 8. The summed E-state index contributed by atoms with van der Waals surface area (Å²) in [6.07, 6.45) is 0. The van der Waals surface area contributed by atoms with E-state index in [-0.39, 0.29) is 24.0 Å². The van der Waals surface area contributed by atoms with E-state index >= 15 is 0 Å². The molecule has 0 unspecified atom stereocenters. The lowest BCUT2D eigenvalue weighted by molar-refractivity contribution is 0.321. The fourth-order valence-corrected chi connectivity index (χ4v) is 2.84. The predicted molar refractivity (Wildman–Crippen MR) is 127 cm³/mol. The van der Waals surface area contributed by atoms with Gasteiger partial charge in [0.15, 0.2) is 5.96 Å². The van der Waals surface area contributed by atoms with Crippen LogP contribution in [0.4, 0.5) is 0 Å². The molecule has 0 fully saturated rings. The number of benzene rings is 2. The number of hydrogen-bond donors (Lipinski definition) is 2. The molecule has 0 aliphatic heterocycles. The summed E-state index contributed by atoms with van der Waals surface area (Å²) >= 11 is 0. The summed E-state index contributed by atoms with van der Waals surface area (Å²) in [7, 11) is 3.66. The van der Waals surface area contributed by atoms with Gasteiger partial charge in [0.2, 0.25) is 0 Å². The second kappa shape index (κ2) is 11.5. The first-order valence-corrected chi connectivity index (χ1v) is 9.40. The third-order valence-corrected chi connectivity index (χ3v) is 4.33. The molecule has 0 aliphatic rings. The Hall–Kier alpha value is -2.49. The highest BCUT2D eigenvalue weighted by Crippen LogP contribution is 2.17. The molecule has 2 aromatic carbocycles. The highest BCUT2D eigenvalue weighted by Gasteiger charge is 2.07. The summed E-state index contributed by atoms with van der Waals surface area (Å²) in [6.45, 7) is 4.50. The van der Waals surface area contributed by atoms with Gasteiger partial charge in [0.25, 0.3) is 0 Å². The molecule has 0 atom stereocenters. The molecular weight excluding hydrogens is 481 g/mol. The highest BCUT2D eigenvalue weighted by atomic mass is 127. The van der Waals surface area contributed by atoms with Crippen LogP contribution >= 0.6 is 24.0 Å². The monoisotopic (exact) mass is 509 g/mol. The normalized spacial score (nSPS) is 11.1. The van der Waals surface area contributed by atoms with Crippen LogP contribution in [-0.4, -0.2) is 42.3 Å². The van der Waals surface area contributed by atoms with Crippen LogP contribution in [0.25, 0.3) is 11.0 Å². The minimum atomic E-state index is 0. The van der Waals surface area contributed by atoms with Crippen LogP contribution < -0.4 is 20.1 Å². The van der Waals surface area contributed by atoms with E-state index in [0.717, 1.165) is 40.9 Å². The lowest BCUT2D eigenvalue weighted by Gasteiger charge is -2.12. The SMILES string of the molecule is CCNC(=NCc1nc2ccccc2n1C)NCCOc1ccc(OC)cc1.I. The van der Waals surface area contributed by atoms with Gasteiger partial charge in [-0.05, 0) is 43.3 Å². The van der Waals surface area contributed by atoms with E-state index in [4.69, 9.17) is 9.47 Å². The first-order chi connectivity index (χ1) is 13.7. The smallest absolute Gasteiger partial charge is 0.191 e. The van der Waals surface area contributed by atoms with Crippen LogP contribution in [0.1, 0.15) is 12.7 Å². The van der Waals surface area contributed by atoms with Gasteiger partial charge in [-0.1, -0.05) is 12.1 Å². The lowest BCUT2D eigenvalue weighted by Crippen LogP contribution is -2.39. The molecule has 29 heavy (non-hydrogen) atoms.